The minimum atomic E-state index is -0.254. The van der Waals surface area contributed by atoms with E-state index in [1.807, 2.05) is 36.4 Å². The molecule has 0 aliphatic rings. The Hall–Kier alpha value is -4.06. The van der Waals surface area contributed by atoms with Gasteiger partial charge in [-0.15, -0.1) is 0 Å². The minimum Gasteiger partial charge on any atom is -0.493 e. The summed E-state index contributed by atoms with van der Waals surface area (Å²) in [5.74, 6) is 1.53. The Balaban J connectivity index is 1.48. The van der Waals surface area contributed by atoms with E-state index in [2.05, 4.69) is 10.3 Å². The highest BCUT2D eigenvalue weighted by molar-refractivity contribution is 6.02. The minimum absolute atomic E-state index is 0.254. The van der Waals surface area contributed by atoms with Gasteiger partial charge in [-0.1, -0.05) is 24.3 Å². The first-order valence-corrected chi connectivity index (χ1v) is 9.33. The molecule has 0 atom stereocenters. The van der Waals surface area contributed by atoms with Crippen LogP contribution in [-0.4, -0.2) is 25.1 Å². The number of nitrogens with one attached hydrogen (secondary N) is 1. The molecule has 0 saturated carbocycles. The average molecular weight is 400 g/mol. The molecule has 0 saturated heterocycles. The number of carbonyl (C=O) groups excluding carboxylic acids is 1. The van der Waals surface area contributed by atoms with Crippen LogP contribution >= 0.6 is 0 Å². The summed E-state index contributed by atoms with van der Waals surface area (Å²) in [4.78, 5) is 16.8. The van der Waals surface area contributed by atoms with Gasteiger partial charge in [-0.05, 0) is 54.1 Å². The van der Waals surface area contributed by atoms with Gasteiger partial charge in [0.1, 0.15) is 5.52 Å². The number of rotatable bonds is 6. The second kappa shape index (κ2) is 8.53. The molecule has 1 heterocycles. The molecular weight excluding hydrogens is 380 g/mol. The molecule has 0 fully saturated rings. The third kappa shape index (κ3) is 4.17. The molecule has 4 rings (SSSR count). The predicted octanol–water partition coefficient (Wildman–Crippen LogP) is 5.16. The van der Waals surface area contributed by atoms with Gasteiger partial charge in [0.15, 0.2) is 17.1 Å². The van der Waals surface area contributed by atoms with Crippen LogP contribution in [-0.2, 0) is 4.79 Å². The molecule has 0 aliphatic carbocycles. The van der Waals surface area contributed by atoms with Crippen molar-refractivity contribution < 1.29 is 18.7 Å². The number of hydrogen-bond acceptors (Lipinski definition) is 5. The van der Waals surface area contributed by atoms with Gasteiger partial charge in [-0.2, -0.15) is 0 Å². The molecule has 0 spiro atoms. The van der Waals surface area contributed by atoms with Gasteiger partial charge in [-0.3, -0.25) is 4.79 Å². The molecule has 1 N–H and O–H groups in total. The number of aromatic nitrogens is 1. The van der Waals surface area contributed by atoms with Crippen LogP contribution < -0.4 is 14.8 Å². The van der Waals surface area contributed by atoms with Crippen LogP contribution in [0.25, 0.3) is 28.6 Å². The van der Waals surface area contributed by atoms with Crippen molar-refractivity contribution in [1.29, 1.82) is 0 Å². The highest BCUT2D eigenvalue weighted by Gasteiger charge is 2.09. The van der Waals surface area contributed by atoms with Crippen molar-refractivity contribution >= 4 is 28.8 Å². The first-order chi connectivity index (χ1) is 14.7. The first-order valence-electron chi connectivity index (χ1n) is 9.33. The molecule has 1 amide bonds. The first kappa shape index (κ1) is 19.3. The van der Waals surface area contributed by atoms with Gasteiger partial charge in [0.2, 0.25) is 11.8 Å². The van der Waals surface area contributed by atoms with Crippen molar-refractivity contribution in [2.24, 2.45) is 0 Å². The SMILES string of the molecule is COc1ccc(/C=C/C(=O)Nc2ccc3oc(-c4ccccc4)nc3c2)cc1OC. The standard InChI is InChI=1S/C24H20N2O4/c1-28-21-11-8-16(14-22(21)29-2)9-13-23(27)25-18-10-12-20-19(15-18)26-24(30-20)17-6-4-3-5-7-17/h3-15H,1-2H3,(H,25,27)/b13-9+. The molecule has 6 nitrogen and oxygen atoms in total. The predicted molar refractivity (Wildman–Crippen MR) is 117 cm³/mol. The van der Waals surface area contributed by atoms with Crippen LogP contribution in [0.3, 0.4) is 0 Å². The summed E-state index contributed by atoms with van der Waals surface area (Å²) in [6, 6.07) is 20.5. The third-order valence-corrected chi connectivity index (χ3v) is 4.51. The van der Waals surface area contributed by atoms with E-state index in [1.165, 1.54) is 6.08 Å². The monoisotopic (exact) mass is 400 g/mol. The topological polar surface area (TPSA) is 73.6 Å². The molecule has 4 aromatic rings. The van der Waals surface area contributed by atoms with Crippen molar-refractivity contribution in [2.75, 3.05) is 19.5 Å². The highest BCUT2D eigenvalue weighted by Crippen LogP contribution is 2.28. The molecule has 30 heavy (non-hydrogen) atoms. The maximum absolute atomic E-state index is 12.3. The summed E-state index contributed by atoms with van der Waals surface area (Å²) in [6.07, 6.45) is 3.17. The lowest BCUT2D eigenvalue weighted by Gasteiger charge is -2.07. The Morgan fingerprint density at radius 1 is 0.967 bits per heavy atom. The summed E-state index contributed by atoms with van der Waals surface area (Å²) in [5.41, 5.74) is 3.69. The number of methoxy groups -OCH3 is 2. The zero-order chi connectivity index (χ0) is 20.9. The van der Waals surface area contributed by atoms with E-state index in [1.54, 1.807) is 50.6 Å². The Bertz CT molecular complexity index is 1210. The molecule has 0 radical (unpaired) electrons. The Kier molecular flexibility index (Phi) is 5.48. The number of oxazole rings is 1. The Morgan fingerprint density at radius 2 is 1.77 bits per heavy atom. The molecular formula is C24H20N2O4. The van der Waals surface area contributed by atoms with E-state index in [4.69, 9.17) is 13.9 Å². The van der Waals surface area contributed by atoms with Crippen molar-refractivity contribution in [2.45, 2.75) is 0 Å². The number of amides is 1. The third-order valence-electron chi connectivity index (χ3n) is 4.51. The van der Waals surface area contributed by atoms with Crippen molar-refractivity contribution in [3.63, 3.8) is 0 Å². The van der Waals surface area contributed by atoms with E-state index in [0.29, 0.717) is 34.2 Å². The number of nitrogens with zero attached hydrogens (tertiary/aromatic N) is 1. The quantitative estimate of drug-likeness (QED) is 0.452. The zero-order valence-corrected chi connectivity index (χ0v) is 16.6. The number of ether oxygens (including phenoxy) is 2. The fraction of sp³-hybridized carbons (Fsp3) is 0.0833. The number of anilines is 1. The van der Waals surface area contributed by atoms with Gasteiger partial charge < -0.3 is 19.2 Å². The van der Waals surface area contributed by atoms with Crippen LogP contribution in [0.5, 0.6) is 11.5 Å². The molecule has 0 aliphatic heterocycles. The molecule has 0 unspecified atom stereocenters. The van der Waals surface area contributed by atoms with E-state index in [9.17, 15) is 4.79 Å². The molecule has 6 heteroatoms. The zero-order valence-electron chi connectivity index (χ0n) is 16.6. The van der Waals surface area contributed by atoms with Gasteiger partial charge >= 0.3 is 0 Å². The maximum atomic E-state index is 12.3. The van der Waals surface area contributed by atoms with Crippen LogP contribution in [0.15, 0.2) is 77.2 Å². The second-order valence-corrected chi connectivity index (χ2v) is 6.50. The number of fused-ring (bicyclic) bond motifs is 1. The summed E-state index contributed by atoms with van der Waals surface area (Å²) < 4.78 is 16.3. The van der Waals surface area contributed by atoms with Gasteiger partial charge in [0, 0.05) is 17.3 Å². The van der Waals surface area contributed by atoms with Crippen molar-refractivity contribution in [3.8, 4) is 23.0 Å². The fourth-order valence-corrected chi connectivity index (χ4v) is 3.02. The van der Waals surface area contributed by atoms with Crippen LogP contribution in [0.4, 0.5) is 5.69 Å². The summed E-state index contributed by atoms with van der Waals surface area (Å²) in [5, 5.41) is 2.84. The van der Waals surface area contributed by atoms with Crippen LogP contribution in [0, 0.1) is 0 Å². The fourth-order valence-electron chi connectivity index (χ4n) is 3.02. The van der Waals surface area contributed by atoms with Gasteiger partial charge in [0.05, 0.1) is 14.2 Å². The van der Waals surface area contributed by atoms with Crippen molar-refractivity contribution in [1.82, 2.24) is 4.98 Å². The summed E-state index contributed by atoms with van der Waals surface area (Å²) in [6.45, 7) is 0. The van der Waals surface area contributed by atoms with E-state index in [0.717, 1.165) is 11.1 Å². The largest absolute Gasteiger partial charge is 0.493 e. The number of benzene rings is 3. The van der Waals surface area contributed by atoms with Crippen LogP contribution in [0.1, 0.15) is 5.56 Å². The van der Waals surface area contributed by atoms with Gasteiger partial charge in [0.25, 0.3) is 0 Å². The number of hydrogen-bond donors (Lipinski definition) is 1. The van der Waals surface area contributed by atoms with E-state index < -0.39 is 0 Å². The molecule has 3 aromatic carbocycles. The Labute approximate surface area is 173 Å². The molecule has 0 bridgehead atoms. The number of carbonyl (C=O) groups is 1. The van der Waals surface area contributed by atoms with E-state index in [-0.39, 0.29) is 5.91 Å². The summed E-state index contributed by atoms with van der Waals surface area (Å²) in [7, 11) is 3.15. The highest BCUT2D eigenvalue weighted by atomic mass is 16.5. The lowest BCUT2D eigenvalue weighted by Crippen LogP contribution is -2.07. The lowest BCUT2D eigenvalue weighted by molar-refractivity contribution is -0.111. The normalized spacial score (nSPS) is 11.0. The molecule has 1 aromatic heterocycles. The lowest BCUT2D eigenvalue weighted by atomic mass is 10.2. The second-order valence-electron chi connectivity index (χ2n) is 6.50. The van der Waals surface area contributed by atoms with E-state index >= 15 is 0 Å². The summed E-state index contributed by atoms with van der Waals surface area (Å²) >= 11 is 0. The smallest absolute Gasteiger partial charge is 0.248 e. The average Bonchev–Trinajstić information content (AvgIpc) is 3.21. The molecule has 150 valence electrons. The maximum Gasteiger partial charge on any atom is 0.248 e. The van der Waals surface area contributed by atoms with Crippen LogP contribution in [0.2, 0.25) is 0 Å². The Morgan fingerprint density at radius 3 is 2.53 bits per heavy atom. The van der Waals surface area contributed by atoms with Gasteiger partial charge in [-0.25, -0.2) is 4.98 Å². The van der Waals surface area contributed by atoms with Crippen molar-refractivity contribution in [3.05, 3.63) is 78.4 Å².